The molecule has 0 saturated carbocycles. The molecule has 0 fully saturated rings. The lowest BCUT2D eigenvalue weighted by Gasteiger charge is -2.04. The summed E-state index contributed by atoms with van der Waals surface area (Å²) in [6.07, 6.45) is 1.39. The molecule has 2 amide bonds. The molecule has 0 aliphatic heterocycles. The minimum Gasteiger partial charge on any atom is -0.459 e. The second-order valence-electron chi connectivity index (χ2n) is 4.69. The quantitative estimate of drug-likeness (QED) is 0.725. The van der Waals surface area contributed by atoms with Gasteiger partial charge in [-0.25, -0.2) is 4.98 Å². The highest BCUT2D eigenvalue weighted by Gasteiger charge is 2.17. The maximum Gasteiger partial charge on any atom is 0.305 e. The van der Waals surface area contributed by atoms with Crippen molar-refractivity contribution in [2.45, 2.75) is 6.92 Å². The van der Waals surface area contributed by atoms with E-state index in [2.05, 4.69) is 15.8 Å². The summed E-state index contributed by atoms with van der Waals surface area (Å²) >= 11 is 1.27. The van der Waals surface area contributed by atoms with Crippen LogP contribution in [0.3, 0.4) is 0 Å². The first-order chi connectivity index (χ1) is 11.1. The lowest BCUT2D eigenvalue weighted by atomic mass is 10.2. The van der Waals surface area contributed by atoms with Crippen molar-refractivity contribution >= 4 is 23.2 Å². The second kappa shape index (κ2) is 6.45. The van der Waals surface area contributed by atoms with Crippen LogP contribution in [0.15, 0.2) is 53.1 Å². The van der Waals surface area contributed by atoms with E-state index >= 15 is 0 Å². The molecule has 116 valence electrons. The van der Waals surface area contributed by atoms with E-state index in [9.17, 15) is 9.59 Å². The van der Waals surface area contributed by atoms with Crippen LogP contribution in [0.2, 0.25) is 0 Å². The Morgan fingerprint density at radius 1 is 1.04 bits per heavy atom. The summed E-state index contributed by atoms with van der Waals surface area (Å²) in [6.45, 7) is 1.76. The molecule has 0 saturated heterocycles. The van der Waals surface area contributed by atoms with Crippen molar-refractivity contribution in [2.24, 2.45) is 0 Å². The van der Waals surface area contributed by atoms with Gasteiger partial charge in [-0.3, -0.25) is 20.4 Å². The molecule has 1 aromatic carbocycles. The van der Waals surface area contributed by atoms with Crippen LogP contribution < -0.4 is 10.9 Å². The SMILES string of the molecule is Cc1nc(-c2ccccc2)sc1C(=O)NNC(=O)c1ccco1. The van der Waals surface area contributed by atoms with Gasteiger partial charge in [0.05, 0.1) is 12.0 Å². The van der Waals surface area contributed by atoms with Crippen LogP contribution >= 0.6 is 11.3 Å². The number of thiazole rings is 1. The van der Waals surface area contributed by atoms with E-state index in [4.69, 9.17) is 4.42 Å². The highest BCUT2D eigenvalue weighted by molar-refractivity contribution is 7.17. The van der Waals surface area contributed by atoms with Crippen LogP contribution in [0.25, 0.3) is 10.6 Å². The zero-order valence-electron chi connectivity index (χ0n) is 12.2. The van der Waals surface area contributed by atoms with Gasteiger partial charge in [-0.1, -0.05) is 30.3 Å². The molecule has 0 atom stereocenters. The summed E-state index contributed by atoms with van der Waals surface area (Å²) in [5.74, 6) is -0.813. The van der Waals surface area contributed by atoms with E-state index in [0.717, 1.165) is 10.6 Å². The number of carbonyl (C=O) groups is 2. The summed E-state index contributed by atoms with van der Waals surface area (Å²) in [5, 5.41) is 0.755. The molecule has 7 heteroatoms. The van der Waals surface area contributed by atoms with Crippen LogP contribution in [0.5, 0.6) is 0 Å². The van der Waals surface area contributed by atoms with Crippen molar-refractivity contribution in [3.05, 3.63) is 65.1 Å². The molecule has 2 N–H and O–H groups in total. The van der Waals surface area contributed by atoms with Crippen molar-refractivity contribution in [3.8, 4) is 10.6 Å². The van der Waals surface area contributed by atoms with E-state index in [1.54, 1.807) is 13.0 Å². The number of aryl methyl sites for hydroxylation is 1. The highest BCUT2D eigenvalue weighted by atomic mass is 32.1. The van der Waals surface area contributed by atoms with E-state index in [0.29, 0.717) is 10.6 Å². The number of nitrogens with zero attached hydrogens (tertiary/aromatic N) is 1. The number of hydrogen-bond donors (Lipinski definition) is 2. The number of rotatable bonds is 3. The van der Waals surface area contributed by atoms with Gasteiger partial charge in [0.1, 0.15) is 9.88 Å². The number of furan rings is 1. The largest absolute Gasteiger partial charge is 0.459 e. The fourth-order valence-corrected chi connectivity index (χ4v) is 2.92. The first kappa shape index (κ1) is 15.0. The second-order valence-corrected chi connectivity index (χ2v) is 5.68. The lowest BCUT2D eigenvalue weighted by molar-refractivity contribution is 0.0832. The van der Waals surface area contributed by atoms with Crippen LogP contribution in [-0.2, 0) is 0 Å². The fraction of sp³-hybridized carbons (Fsp3) is 0.0625. The lowest BCUT2D eigenvalue weighted by Crippen LogP contribution is -2.41. The number of benzene rings is 1. The van der Waals surface area contributed by atoms with Crippen molar-refractivity contribution in [2.75, 3.05) is 0 Å². The number of carbonyl (C=O) groups excluding carboxylic acids is 2. The molecule has 0 radical (unpaired) electrons. The summed E-state index contributed by atoms with van der Waals surface area (Å²) in [7, 11) is 0. The normalized spacial score (nSPS) is 10.3. The maximum absolute atomic E-state index is 12.2. The van der Waals surface area contributed by atoms with E-state index in [1.165, 1.54) is 23.7 Å². The van der Waals surface area contributed by atoms with E-state index in [-0.39, 0.29) is 5.76 Å². The zero-order valence-corrected chi connectivity index (χ0v) is 13.0. The highest BCUT2D eigenvalue weighted by Crippen LogP contribution is 2.27. The number of hydrazine groups is 1. The third-order valence-electron chi connectivity index (χ3n) is 3.06. The number of amides is 2. The molecule has 0 unspecified atom stereocenters. The van der Waals surface area contributed by atoms with E-state index < -0.39 is 11.8 Å². The minimum absolute atomic E-state index is 0.122. The Labute approximate surface area is 136 Å². The van der Waals surface area contributed by atoms with Gasteiger partial charge < -0.3 is 4.42 Å². The Kier molecular flexibility index (Phi) is 4.20. The molecule has 0 aliphatic carbocycles. The van der Waals surface area contributed by atoms with Crippen LogP contribution in [0.1, 0.15) is 25.9 Å². The molecule has 0 spiro atoms. The van der Waals surface area contributed by atoms with Gasteiger partial charge in [0.2, 0.25) is 0 Å². The van der Waals surface area contributed by atoms with Crippen molar-refractivity contribution in [3.63, 3.8) is 0 Å². The maximum atomic E-state index is 12.2. The van der Waals surface area contributed by atoms with Gasteiger partial charge in [-0.2, -0.15) is 0 Å². The Morgan fingerprint density at radius 2 is 1.78 bits per heavy atom. The van der Waals surface area contributed by atoms with Crippen molar-refractivity contribution in [1.29, 1.82) is 0 Å². The first-order valence-corrected chi connectivity index (χ1v) is 7.64. The summed E-state index contributed by atoms with van der Waals surface area (Å²) in [5.41, 5.74) is 6.22. The molecule has 6 nitrogen and oxygen atoms in total. The van der Waals surface area contributed by atoms with Gasteiger partial charge in [0, 0.05) is 5.56 Å². The topological polar surface area (TPSA) is 84.2 Å². The van der Waals surface area contributed by atoms with Crippen molar-refractivity contribution in [1.82, 2.24) is 15.8 Å². The van der Waals surface area contributed by atoms with Gasteiger partial charge in [0.25, 0.3) is 5.91 Å². The third kappa shape index (κ3) is 3.29. The molecule has 3 aromatic rings. The Bertz CT molecular complexity index is 826. The summed E-state index contributed by atoms with van der Waals surface area (Å²) < 4.78 is 4.95. The number of nitrogens with one attached hydrogen (secondary N) is 2. The number of aromatic nitrogens is 1. The molecule has 23 heavy (non-hydrogen) atoms. The minimum atomic E-state index is -0.520. The van der Waals surface area contributed by atoms with Crippen LogP contribution in [0, 0.1) is 6.92 Å². The third-order valence-corrected chi connectivity index (χ3v) is 4.26. The molecular formula is C16H13N3O3S. The molecule has 0 aliphatic rings. The standard InChI is InChI=1S/C16H13N3O3S/c1-10-13(23-16(17-10)11-6-3-2-4-7-11)15(21)19-18-14(20)12-8-5-9-22-12/h2-9H,1H3,(H,18,20)(H,19,21). The molecule has 2 heterocycles. The van der Waals surface area contributed by atoms with Crippen molar-refractivity contribution < 1.29 is 14.0 Å². The van der Waals surface area contributed by atoms with Gasteiger partial charge in [-0.15, -0.1) is 11.3 Å². The molecule has 0 bridgehead atoms. The zero-order chi connectivity index (χ0) is 16.2. The smallest absolute Gasteiger partial charge is 0.305 e. The summed E-state index contributed by atoms with van der Waals surface area (Å²) in [6, 6.07) is 12.7. The van der Waals surface area contributed by atoms with E-state index in [1.807, 2.05) is 30.3 Å². The predicted octanol–water partition coefficient (Wildman–Crippen LogP) is 2.79. The average Bonchev–Trinajstić information content (AvgIpc) is 3.23. The van der Waals surface area contributed by atoms with Crippen LogP contribution in [0.4, 0.5) is 0 Å². The predicted molar refractivity (Wildman–Crippen MR) is 85.9 cm³/mol. The Morgan fingerprint density at radius 3 is 2.48 bits per heavy atom. The molecule has 3 rings (SSSR count). The van der Waals surface area contributed by atoms with Crippen LogP contribution in [-0.4, -0.2) is 16.8 Å². The molecular weight excluding hydrogens is 314 g/mol. The summed E-state index contributed by atoms with van der Waals surface area (Å²) in [4.78, 5) is 28.8. The monoisotopic (exact) mass is 327 g/mol. The average molecular weight is 327 g/mol. The Hall–Kier alpha value is -2.93. The van der Waals surface area contributed by atoms with Gasteiger partial charge in [0.15, 0.2) is 5.76 Å². The first-order valence-electron chi connectivity index (χ1n) is 6.82. The van der Waals surface area contributed by atoms with Gasteiger partial charge >= 0.3 is 5.91 Å². The number of hydrogen-bond acceptors (Lipinski definition) is 5. The fourth-order valence-electron chi connectivity index (χ4n) is 1.95. The molecule has 2 aromatic heterocycles. The van der Waals surface area contributed by atoms with Gasteiger partial charge in [-0.05, 0) is 19.1 Å². The Balaban J connectivity index is 1.70.